The van der Waals surface area contributed by atoms with Gasteiger partial charge < -0.3 is 9.84 Å². The van der Waals surface area contributed by atoms with Gasteiger partial charge in [-0.05, 0) is 45.4 Å². The molecule has 0 amide bonds. The molecular formula is C18H36O2. The van der Waals surface area contributed by atoms with Gasteiger partial charge in [0.05, 0.1) is 11.7 Å². The highest BCUT2D eigenvalue weighted by atomic mass is 16.5. The summed E-state index contributed by atoms with van der Waals surface area (Å²) < 4.78 is 6.01. The van der Waals surface area contributed by atoms with E-state index >= 15 is 0 Å². The smallest absolute Gasteiger partial charge is 0.0692 e. The molecule has 0 aromatic heterocycles. The van der Waals surface area contributed by atoms with Crippen LogP contribution in [-0.2, 0) is 4.74 Å². The van der Waals surface area contributed by atoms with E-state index < -0.39 is 0 Å². The summed E-state index contributed by atoms with van der Waals surface area (Å²) in [6.45, 7) is 11.4. The molecule has 2 nitrogen and oxygen atoms in total. The molecule has 0 rings (SSSR count). The van der Waals surface area contributed by atoms with Gasteiger partial charge in [-0.2, -0.15) is 0 Å². The fourth-order valence-corrected chi connectivity index (χ4v) is 2.86. The van der Waals surface area contributed by atoms with Gasteiger partial charge in [-0.1, -0.05) is 52.2 Å². The molecule has 120 valence electrons. The Hall–Kier alpha value is -0.340. The summed E-state index contributed by atoms with van der Waals surface area (Å²) in [5.41, 5.74) is 0.0997. The first-order valence-corrected chi connectivity index (χ1v) is 8.52. The summed E-state index contributed by atoms with van der Waals surface area (Å²) in [5, 5.41) is 9.24. The summed E-state index contributed by atoms with van der Waals surface area (Å²) in [5.74, 6) is 0.734. The van der Waals surface area contributed by atoms with Gasteiger partial charge in [0.2, 0.25) is 0 Å². The minimum Gasteiger partial charge on any atom is -0.389 e. The molecule has 0 aromatic rings. The van der Waals surface area contributed by atoms with Gasteiger partial charge >= 0.3 is 0 Å². The number of aliphatic hydroxyl groups excluding tert-OH is 1. The largest absolute Gasteiger partial charge is 0.389 e. The van der Waals surface area contributed by atoms with Gasteiger partial charge in [-0.15, -0.1) is 0 Å². The van der Waals surface area contributed by atoms with Gasteiger partial charge in [0, 0.05) is 6.61 Å². The van der Waals surface area contributed by atoms with E-state index in [-0.39, 0.29) is 11.7 Å². The normalized spacial score (nSPS) is 15.7. The predicted octanol–water partition coefficient (Wildman–Crippen LogP) is 5.11. The van der Waals surface area contributed by atoms with E-state index in [0.29, 0.717) is 0 Å². The van der Waals surface area contributed by atoms with Crippen molar-refractivity contribution in [3.8, 4) is 0 Å². The molecule has 0 fully saturated rings. The van der Waals surface area contributed by atoms with Crippen LogP contribution in [0.1, 0.15) is 79.6 Å². The molecule has 0 aromatic carbocycles. The summed E-state index contributed by atoms with van der Waals surface area (Å²) in [4.78, 5) is 0. The zero-order valence-electron chi connectivity index (χ0n) is 14.3. The Balaban J connectivity index is 4.15. The van der Waals surface area contributed by atoms with Crippen LogP contribution in [0, 0.1) is 5.92 Å². The second-order valence-corrected chi connectivity index (χ2v) is 5.89. The Kier molecular flexibility index (Phi) is 11.1. The lowest BCUT2D eigenvalue weighted by molar-refractivity contribution is -0.0532. The van der Waals surface area contributed by atoms with Crippen molar-refractivity contribution in [2.75, 3.05) is 6.61 Å². The van der Waals surface area contributed by atoms with Crippen LogP contribution < -0.4 is 0 Å². The Morgan fingerprint density at radius 1 is 1.15 bits per heavy atom. The molecule has 2 heteroatoms. The van der Waals surface area contributed by atoms with E-state index in [9.17, 15) is 5.11 Å². The van der Waals surface area contributed by atoms with Crippen molar-refractivity contribution in [3.05, 3.63) is 12.2 Å². The van der Waals surface area contributed by atoms with Crippen LogP contribution in [0.25, 0.3) is 0 Å². The zero-order valence-corrected chi connectivity index (χ0v) is 14.3. The Labute approximate surface area is 126 Å². The van der Waals surface area contributed by atoms with Gasteiger partial charge in [0.25, 0.3) is 0 Å². The maximum atomic E-state index is 9.24. The molecule has 0 heterocycles. The highest BCUT2D eigenvalue weighted by Crippen LogP contribution is 2.29. The Morgan fingerprint density at radius 2 is 1.80 bits per heavy atom. The fraction of sp³-hybridized carbons (Fsp3) is 0.889. The third-order valence-electron chi connectivity index (χ3n) is 4.45. The lowest BCUT2D eigenvalue weighted by atomic mass is 9.87. The van der Waals surface area contributed by atoms with Crippen LogP contribution in [-0.4, -0.2) is 23.4 Å². The van der Waals surface area contributed by atoms with Gasteiger partial charge in [0.15, 0.2) is 0 Å². The maximum absolute atomic E-state index is 9.24. The third kappa shape index (κ3) is 8.06. The fourth-order valence-electron chi connectivity index (χ4n) is 2.86. The number of rotatable bonds is 12. The standard InChI is InChI=1S/C18H36O2/c1-6-17(13-10-12-16(5)19)14-11-15-18(7-2,8-3)20-9-4/h10,12,16-17,19H,6-9,11,13-15H2,1-5H3/b12-10+. The van der Waals surface area contributed by atoms with Gasteiger partial charge in [-0.3, -0.25) is 0 Å². The average Bonchev–Trinajstić information content (AvgIpc) is 2.44. The van der Waals surface area contributed by atoms with Crippen molar-refractivity contribution in [1.29, 1.82) is 0 Å². The number of aliphatic hydroxyl groups is 1. The Bertz CT molecular complexity index is 242. The summed E-state index contributed by atoms with van der Waals surface area (Å²) in [6, 6.07) is 0. The predicted molar refractivity (Wildman–Crippen MR) is 88.0 cm³/mol. The first-order chi connectivity index (χ1) is 9.53. The van der Waals surface area contributed by atoms with Crippen LogP contribution >= 0.6 is 0 Å². The number of ether oxygens (including phenoxy) is 1. The molecular weight excluding hydrogens is 248 g/mol. The second kappa shape index (κ2) is 11.3. The summed E-state index contributed by atoms with van der Waals surface area (Å²) >= 11 is 0. The first-order valence-electron chi connectivity index (χ1n) is 8.52. The third-order valence-corrected chi connectivity index (χ3v) is 4.45. The number of hydrogen-bond donors (Lipinski definition) is 1. The van der Waals surface area contributed by atoms with Gasteiger partial charge in [0.1, 0.15) is 0 Å². The van der Waals surface area contributed by atoms with Crippen LogP contribution in [0.4, 0.5) is 0 Å². The SMILES string of the molecule is CCOC(CC)(CC)CCCC(CC)C/C=C/C(C)O. The molecule has 0 aliphatic carbocycles. The number of hydrogen-bond acceptors (Lipinski definition) is 2. The lowest BCUT2D eigenvalue weighted by Crippen LogP contribution is -2.31. The molecule has 20 heavy (non-hydrogen) atoms. The van der Waals surface area contributed by atoms with E-state index in [2.05, 4.69) is 33.8 Å². The van der Waals surface area contributed by atoms with E-state index in [1.54, 1.807) is 6.92 Å². The van der Waals surface area contributed by atoms with Crippen LogP contribution in [0.3, 0.4) is 0 Å². The lowest BCUT2D eigenvalue weighted by Gasteiger charge is -2.32. The van der Waals surface area contributed by atoms with Crippen molar-refractivity contribution in [2.24, 2.45) is 5.92 Å². The molecule has 0 aliphatic heterocycles. The monoisotopic (exact) mass is 284 g/mol. The van der Waals surface area contributed by atoms with Crippen molar-refractivity contribution in [2.45, 2.75) is 91.3 Å². The maximum Gasteiger partial charge on any atom is 0.0692 e. The summed E-state index contributed by atoms with van der Waals surface area (Å²) in [7, 11) is 0. The second-order valence-electron chi connectivity index (χ2n) is 5.89. The quantitative estimate of drug-likeness (QED) is 0.505. The molecule has 2 unspecified atom stereocenters. The molecule has 0 saturated carbocycles. The summed E-state index contributed by atoms with van der Waals surface area (Å²) in [6.07, 6.45) is 11.9. The topological polar surface area (TPSA) is 29.5 Å². The van der Waals surface area contributed by atoms with E-state index in [1.165, 1.54) is 25.7 Å². The van der Waals surface area contributed by atoms with Crippen molar-refractivity contribution >= 4 is 0 Å². The molecule has 0 radical (unpaired) electrons. The number of allylic oxidation sites excluding steroid dienone is 1. The Morgan fingerprint density at radius 3 is 2.25 bits per heavy atom. The highest BCUT2D eigenvalue weighted by Gasteiger charge is 2.25. The van der Waals surface area contributed by atoms with Crippen LogP contribution in [0.15, 0.2) is 12.2 Å². The average molecular weight is 284 g/mol. The van der Waals surface area contributed by atoms with Crippen LogP contribution in [0.5, 0.6) is 0 Å². The van der Waals surface area contributed by atoms with Crippen molar-refractivity contribution in [1.82, 2.24) is 0 Å². The highest BCUT2D eigenvalue weighted by molar-refractivity contribution is 4.88. The van der Waals surface area contributed by atoms with Crippen molar-refractivity contribution < 1.29 is 9.84 Å². The molecule has 2 atom stereocenters. The molecule has 0 saturated heterocycles. The van der Waals surface area contributed by atoms with E-state index in [4.69, 9.17) is 4.74 Å². The molecule has 1 N–H and O–H groups in total. The minimum absolute atomic E-state index is 0.0997. The van der Waals surface area contributed by atoms with E-state index in [0.717, 1.165) is 31.8 Å². The first kappa shape index (κ1) is 19.7. The van der Waals surface area contributed by atoms with Crippen molar-refractivity contribution in [3.63, 3.8) is 0 Å². The molecule has 0 bridgehead atoms. The molecule has 0 aliphatic rings. The molecule has 0 spiro atoms. The van der Waals surface area contributed by atoms with E-state index in [1.807, 2.05) is 6.08 Å². The minimum atomic E-state index is -0.321. The van der Waals surface area contributed by atoms with Crippen LogP contribution in [0.2, 0.25) is 0 Å². The van der Waals surface area contributed by atoms with Gasteiger partial charge in [-0.25, -0.2) is 0 Å². The zero-order chi connectivity index (χ0) is 15.4.